The quantitative estimate of drug-likeness (QED) is 0.467. The van der Waals surface area contributed by atoms with E-state index in [4.69, 9.17) is 4.98 Å². The molecule has 0 atom stereocenters. The van der Waals surface area contributed by atoms with E-state index in [9.17, 15) is 13.2 Å². The zero-order valence-electron chi connectivity index (χ0n) is 16.2. The molecule has 0 unspecified atom stereocenters. The molecule has 0 saturated heterocycles. The van der Waals surface area contributed by atoms with Crippen LogP contribution >= 0.6 is 0 Å². The minimum atomic E-state index is -4.19. The molecule has 0 bridgehead atoms. The van der Waals surface area contributed by atoms with Crippen LogP contribution in [0.3, 0.4) is 0 Å². The highest BCUT2D eigenvalue weighted by atomic mass is 19.4. The number of benzene rings is 2. The van der Waals surface area contributed by atoms with Crippen molar-refractivity contribution in [2.45, 2.75) is 52.1 Å². The molecular formula is C24H24F3N. The Morgan fingerprint density at radius 3 is 2.21 bits per heavy atom. The molecule has 1 fully saturated rings. The molecule has 0 amide bonds. The Labute approximate surface area is 163 Å². The van der Waals surface area contributed by atoms with Crippen molar-refractivity contribution in [1.29, 1.82) is 0 Å². The molecule has 0 aliphatic heterocycles. The van der Waals surface area contributed by atoms with Crippen molar-refractivity contribution >= 4 is 10.9 Å². The van der Waals surface area contributed by atoms with Gasteiger partial charge in [0.25, 0.3) is 0 Å². The van der Waals surface area contributed by atoms with E-state index in [1.807, 2.05) is 56.3 Å². The van der Waals surface area contributed by atoms with Crippen LogP contribution in [0, 0.1) is 19.3 Å². The Morgan fingerprint density at radius 1 is 0.929 bits per heavy atom. The standard InChI is InChI=1S/C24H24F3N/c1-16-11-17(2)13-18(12-16)22-14-19(20-7-3-4-8-21(20)28-22)15-23(24(25,26)27)9-5-6-10-23/h3-4,7-8,11-14H,5-6,9-10,15H2,1-2H3. The van der Waals surface area contributed by atoms with Gasteiger partial charge in [0.15, 0.2) is 0 Å². The third-order valence-corrected chi connectivity index (χ3v) is 6.01. The van der Waals surface area contributed by atoms with Crippen LogP contribution < -0.4 is 0 Å². The molecule has 1 aliphatic rings. The van der Waals surface area contributed by atoms with Gasteiger partial charge in [-0.2, -0.15) is 13.2 Å². The summed E-state index contributed by atoms with van der Waals surface area (Å²) in [5, 5.41) is 0.825. The zero-order valence-corrected chi connectivity index (χ0v) is 16.2. The summed E-state index contributed by atoms with van der Waals surface area (Å²) in [6.07, 6.45) is -2.44. The van der Waals surface area contributed by atoms with Crippen molar-refractivity contribution in [3.8, 4) is 11.3 Å². The summed E-state index contributed by atoms with van der Waals surface area (Å²) in [5.74, 6) is 0. The van der Waals surface area contributed by atoms with Crippen LogP contribution in [-0.4, -0.2) is 11.2 Å². The first kappa shape index (κ1) is 19.0. The average molecular weight is 383 g/mol. The van der Waals surface area contributed by atoms with E-state index in [1.54, 1.807) is 0 Å². The van der Waals surface area contributed by atoms with Crippen molar-refractivity contribution in [1.82, 2.24) is 4.98 Å². The number of pyridine rings is 1. The Hall–Kier alpha value is -2.36. The molecule has 0 spiro atoms. The van der Waals surface area contributed by atoms with Gasteiger partial charge in [0.2, 0.25) is 0 Å². The predicted octanol–water partition coefficient (Wildman–Crippen LogP) is 7.18. The van der Waals surface area contributed by atoms with Gasteiger partial charge >= 0.3 is 6.18 Å². The van der Waals surface area contributed by atoms with Gasteiger partial charge in [-0.15, -0.1) is 0 Å². The Balaban J connectivity index is 1.88. The second-order valence-corrected chi connectivity index (χ2v) is 8.22. The van der Waals surface area contributed by atoms with Crippen molar-refractivity contribution in [3.63, 3.8) is 0 Å². The number of nitrogens with zero attached hydrogens (tertiary/aromatic N) is 1. The number of alkyl halides is 3. The van der Waals surface area contributed by atoms with Crippen LogP contribution in [-0.2, 0) is 6.42 Å². The molecule has 4 heteroatoms. The maximum Gasteiger partial charge on any atom is 0.394 e. The minimum Gasteiger partial charge on any atom is -0.248 e. The van der Waals surface area contributed by atoms with Gasteiger partial charge in [0.1, 0.15) is 0 Å². The fourth-order valence-corrected chi connectivity index (χ4v) is 4.64. The van der Waals surface area contributed by atoms with Crippen molar-refractivity contribution in [3.05, 3.63) is 65.2 Å². The lowest BCUT2D eigenvalue weighted by Gasteiger charge is -2.32. The van der Waals surface area contributed by atoms with Crippen LogP contribution in [0.15, 0.2) is 48.5 Å². The molecule has 2 aromatic carbocycles. The molecule has 0 radical (unpaired) electrons. The van der Waals surface area contributed by atoms with E-state index < -0.39 is 11.6 Å². The second-order valence-electron chi connectivity index (χ2n) is 8.22. The Bertz CT molecular complexity index is 994. The summed E-state index contributed by atoms with van der Waals surface area (Å²) in [5.41, 5.74) is 3.83. The lowest BCUT2D eigenvalue weighted by atomic mass is 9.78. The van der Waals surface area contributed by atoms with Gasteiger partial charge in [0.05, 0.1) is 16.6 Å². The molecule has 28 heavy (non-hydrogen) atoms. The first-order valence-corrected chi connectivity index (χ1v) is 9.82. The summed E-state index contributed by atoms with van der Waals surface area (Å²) in [6, 6.07) is 15.6. The molecule has 4 rings (SSSR count). The molecule has 1 saturated carbocycles. The first-order valence-electron chi connectivity index (χ1n) is 9.82. The van der Waals surface area contributed by atoms with Gasteiger partial charge in [-0.1, -0.05) is 48.2 Å². The predicted molar refractivity (Wildman–Crippen MR) is 107 cm³/mol. The Kier molecular flexibility index (Phi) is 4.68. The largest absolute Gasteiger partial charge is 0.394 e. The molecule has 1 aromatic heterocycles. The van der Waals surface area contributed by atoms with Gasteiger partial charge in [-0.3, -0.25) is 0 Å². The number of aromatic nitrogens is 1. The second kappa shape index (κ2) is 6.91. The van der Waals surface area contributed by atoms with Gasteiger partial charge in [-0.05, 0) is 62.9 Å². The normalized spacial score (nSPS) is 16.6. The number of rotatable bonds is 3. The van der Waals surface area contributed by atoms with E-state index >= 15 is 0 Å². The lowest BCUT2D eigenvalue weighted by molar-refractivity contribution is -0.221. The highest BCUT2D eigenvalue weighted by molar-refractivity contribution is 5.85. The molecular weight excluding hydrogens is 359 g/mol. The lowest BCUT2D eigenvalue weighted by Crippen LogP contribution is -2.37. The summed E-state index contributed by atoms with van der Waals surface area (Å²) in [6.45, 7) is 4.05. The summed E-state index contributed by atoms with van der Waals surface area (Å²) < 4.78 is 42.0. The number of hydrogen-bond acceptors (Lipinski definition) is 1. The number of hydrogen-bond donors (Lipinski definition) is 0. The van der Waals surface area contributed by atoms with E-state index in [-0.39, 0.29) is 19.3 Å². The summed E-state index contributed by atoms with van der Waals surface area (Å²) in [4.78, 5) is 4.77. The van der Waals surface area contributed by atoms with Gasteiger partial charge in [-0.25, -0.2) is 4.98 Å². The fourth-order valence-electron chi connectivity index (χ4n) is 4.64. The average Bonchev–Trinajstić information content (AvgIpc) is 3.10. The van der Waals surface area contributed by atoms with E-state index in [0.29, 0.717) is 12.8 Å². The van der Waals surface area contributed by atoms with Crippen molar-refractivity contribution in [2.24, 2.45) is 5.41 Å². The maximum absolute atomic E-state index is 14.0. The van der Waals surface area contributed by atoms with E-state index in [0.717, 1.165) is 38.9 Å². The number of halogens is 3. The smallest absolute Gasteiger partial charge is 0.248 e. The number of aryl methyl sites for hydroxylation is 2. The Morgan fingerprint density at radius 2 is 1.57 bits per heavy atom. The van der Waals surface area contributed by atoms with Crippen LogP contribution in [0.25, 0.3) is 22.2 Å². The first-order chi connectivity index (χ1) is 13.3. The highest BCUT2D eigenvalue weighted by Gasteiger charge is 2.55. The third kappa shape index (κ3) is 3.41. The fraction of sp³-hybridized carbons (Fsp3) is 0.375. The zero-order chi connectivity index (χ0) is 19.9. The van der Waals surface area contributed by atoms with Crippen molar-refractivity contribution in [2.75, 3.05) is 0 Å². The third-order valence-electron chi connectivity index (χ3n) is 6.01. The number of fused-ring (bicyclic) bond motifs is 1. The molecule has 1 heterocycles. The van der Waals surface area contributed by atoms with Crippen LogP contribution in [0.1, 0.15) is 42.4 Å². The highest BCUT2D eigenvalue weighted by Crippen LogP contribution is 2.53. The number of para-hydroxylation sites is 1. The molecule has 1 aliphatic carbocycles. The topological polar surface area (TPSA) is 12.9 Å². The molecule has 146 valence electrons. The van der Waals surface area contributed by atoms with Crippen LogP contribution in [0.5, 0.6) is 0 Å². The summed E-state index contributed by atoms with van der Waals surface area (Å²) >= 11 is 0. The van der Waals surface area contributed by atoms with Crippen LogP contribution in [0.2, 0.25) is 0 Å². The van der Waals surface area contributed by atoms with Crippen LogP contribution in [0.4, 0.5) is 13.2 Å². The minimum absolute atomic E-state index is 0.0251. The van der Waals surface area contributed by atoms with Gasteiger partial charge < -0.3 is 0 Å². The van der Waals surface area contributed by atoms with E-state index in [1.165, 1.54) is 0 Å². The SMILES string of the molecule is Cc1cc(C)cc(-c2cc(CC3(C(F)(F)F)CCCC3)c3ccccc3n2)c1. The van der Waals surface area contributed by atoms with E-state index in [2.05, 4.69) is 6.07 Å². The van der Waals surface area contributed by atoms with Crippen molar-refractivity contribution < 1.29 is 13.2 Å². The summed E-state index contributed by atoms with van der Waals surface area (Å²) in [7, 11) is 0. The molecule has 0 N–H and O–H groups in total. The maximum atomic E-state index is 14.0. The monoisotopic (exact) mass is 383 g/mol. The molecule has 3 aromatic rings. The molecule has 1 nitrogen and oxygen atoms in total. The van der Waals surface area contributed by atoms with Gasteiger partial charge in [0, 0.05) is 10.9 Å².